The highest BCUT2D eigenvalue weighted by atomic mass is 79.9. The minimum Gasteiger partial charge on any atom is -0.314 e. The molecule has 0 aliphatic heterocycles. The Hall–Kier alpha value is -0.340. The fourth-order valence-corrected chi connectivity index (χ4v) is 2.95. The zero-order valence-corrected chi connectivity index (χ0v) is 12.4. The standard InChI is InChI=1S/C15H22BrN/c1-3-10-17-12(2)15(8-9-15)11-13-6-4-5-7-14(13)16/h4-7,12,17H,3,8-11H2,1-2H3. The summed E-state index contributed by atoms with van der Waals surface area (Å²) in [6.07, 6.45) is 5.15. The van der Waals surface area contributed by atoms with Crippen LogP contribution in [0.3, 0.4) is 0 Å². The second-order valence-corrected chi connectivity index (χ2v) is 6.16. The summed E-state index contributed by atoms with van der Waals surface area (Å²) in [5.74, 6) is 0. The Labute approximate surface area is 113 Å². The summed E-state index contributed by atoms with van der Waals surface area (Å²) >= 11 is 3.66. The first-order valence-electron chi connectivity index (χ1n) is 6.65. The van der Waals surface area contributed by atoms with Gasteiger partial charge in [0, 0.05) is 10.5 Å². The van der Waals surface area contributed by atoms with E-state index in [-0.39, 0.29) is 0 Å². The van der Waals surface area contributed by atoms with Crippen LogP contribution >= 0.6 is 15.9 Å². The topological polar surface area (TPSA) is 12.0 Å². The first-order valence-corrected chi connectivity index (χ1v) is 7.44. The molecule has 0 heterocycles. The second-order valence-electron chi connectivity index (χ2n) is 5.31. The molecule has 0 bridgehead atoms. The van der Waals surface area contributed by atoms with Gasteiger partial charge in [-0.05, 0) is 56.2 Å². The maximum Gasteiger partial charge on any atom is 0.0207 e. The molecule has 1 aliphatic rings. The van der Waals surface area contributed by atoms with Crippen LogP contribution in [0.1, 0.15) is 38.7 Å². The van der Waals surface area contributed by atoms with Gasteiger partial charge in [0.2, 0.25) is 0 Å². The molecule has 1 aromatic carbocycles. The average Bonchev–Trinajstić information content (AvgIpc) is 3.10. The van der Waals surface area contributed by atoms with Gasteiger partial charge in [0.1, 0.15) is 0 Å². The third-order valence-corrected chi connectivity index (χ3v) is 4.79. The first-order chi connectivity index (χ1) is 8.18. The number of rotatable bonds is 6. The van der Waals surface area contributed by atoms with Crippen molar-refractivity contribution in [3.05, 3.63) is 34.3 Å². The molecule has 1 aromatic rings. The van der Waals surface area contributed by atoms with Crippen molar-refractivity contribution in [1.29, 1.82) is 0 Å². The normalized spacial score (nSPS) is 19.0. The molecule has 1 nitrogen and oxygen atoms in total. The van der Waals surface area contributed by atoms with E-state index in [1.54, 1.807) is 0 Å². The predicted molar refractivity (Wildman–Crippen MR) is 77.3 cm³/mol. The highest BCUT2D eigenvalue weighted by Crippen LogP contribution is 2.51. The molecule has 0 aromatic heterocycles. The van der Waals surface area contributed by atoms with Crippen LogP contribution in [0, 0.1) is 5.41 Å². The van der Waals surface area contributed by atoms with Crippen molar-refractivity contribution in [3.63, 3.8) is 0 Å². The lowest BCUT2D eigenvalue weighted by atomic mass is 9.90. The zero-order chi connectivity index (χ0) is 12.3. The highest BCUT2D eigenvalue weighted by molar-refractivity contribution is 9.10. The van der Waals surface area contributed by atoms with Crippen LogP contribution in [0.25, 0.3) is 0 Å². The molecule has 0 amide bonds. The Morgan fingerprint density at radius 2 is 2.06 bits per heavy atom. The van der Waals surface area contributed by atoms with E-state index in [1.165, 1.54) is 35.7 Å². The van der Waals surface area contributed by atoms with Gasteiger partial charge in [0.15, 0.2) is 0 Å². The van der Waals surface area contributed by atoms with Crippen molar-refractivity contribution in [2.24, 2.45) is 5.41 Å². The lowest BCUT2D eigenvalue weighted by Gasteiger charge is -2.25. The van der Waals surface area contributed by atoms with Crippen molar-refractivity contribution in [1.82, 2.24) is 5.32 Å². The third-order valence-electron chi connectivity index (χ3n) is 4.01. The van der Waals surface area contributed by atoms with Crippen LogP contribution in [0.5, 0.6) is 0 Å². The van der Waals surface area contributed by atoms with Gasteiger partial charge in [-0.3, -0.25) is 0 Å². The smallest absolute Gasteiger partial charge is 0.0207 e. The molecule has 1 aliphatic carbocycles. The molecule has 1 N–H and O–H groups in total. The van der Waals surface area contributed by atoms with Crippen LogP contribution in [0.15, 0.2) is 28.7 Å². The molecule has 0 radical (unpaired) electrons. The zero-order valence-electron chi connectivity index (χ0n) is 10.8. The molecule has 94 valence electrons. The van der Waals surface area contributed by atoms with Gasteiger partial charge < -0.3 is 5.32 Å². The largest absolute Gasteiger partial charge is 0.314 e. The van der Waals surface area contributed by atoms with Crippen molar-refractivity contribution in [3.8, 4) is 0 Å². The lowest BCUT2D eigenvalue weighted by Crippen LogP contribution is -2.36. The summed E-state index contributed by atoms with van der Waals surface area (Å²) in [5, 5.41) is 3.66. The van der Waals surface area contributed by atoms with Crippen LogP contribution < -0.4 is 5.32 Å². The highest BCUT2D eigenvalue weighted by Gasteiger charge is 2.46. The fourth-order valence-electron chi connectivity index (χ4n) is 2.52. The van der Waals surface area contributed by atoms with Crippen molar-refractivity contribution < 1.29 is 0 Å². The van der Waals surface area contributed by atoms with Gasteiger partial charge in [0.25, 0.3) is 0 Å². The molecular weight excluding hydrogens is 274 g/mol. The van der Waals surface area contributed by atoms with Crippen LogP contribution in [-0.2, 0) is 6.42 Å². The van der Waals surface area contributed by atoms with Gasteiger partial charge in [-0.2, -0.15) is 0 Å². The van der Waals surface area contributed by atoms with Crippen LogP contribution in [0.2, 0.25) is 0 Å². The number of hydrogen-bond donors (Lipinski definition) is 1. The number of hydrogen-bond acceptors (Lipinski definition) is 1. The van der Waals surface area contributed by atoms with Gasteiger partial charge in [0.05, 0.1) is 0 Å². The fraction of sp³-hybridized carbons (Fsp3) is 0.600. The summed E-state index contributed by atoms with van der Waals surface area (Å²) < 4.78 is 1.26. The number of benzene rings is 1. The van der Waals surface area contributed by atoms with E-state index < -0.39 is 0 Å². The Morgan fingerprint density at radius 1 is 1.35 bits per heavy atom. The predicted octanol–water partition coefficient (Wildman–Crippen LogP) is 4.16. The Morgan fingerprint density at radius 3 is 2.65 bits per heavy atom. The summed E-state index contributed by atoms with van der Waals surface area (Å²) in [4.78, 5) is 0. The van der Waals surface area contributed by atoms with E-state index in [1.807, 2.05) is 0 Å². The second kappa shape index (κ2) is 5.53. The maximum absolute atomic E-state index is 3.66. The maximum atomic E-state index is 3.66. The van der Waals surface area contributed by atoms with E-state index in [0.717, 1.165) is 6.54 Å². The van der Waals surface area contributed by atoms with E-state index >= 15 is 0 Å². The molecule has 2 heteroatoms. The van der Waals surface area contributed by atoms with Crippen molar-refractivity contribution >= 4 is 15.9 Å². The molecule has 1 fully saturated rings. The molecule has 2 rings (SSSR count). The SMILES string of the molecule is CCCNC(C)C1(Cc2ccccc2Br)CC1. The first kappa shape index (κ1) is 13.1. The minimum atomic E-state index is 0.513. The summed E-state index contributed by atoms with van der Waals surface area (Å²) in [5.41, 5.74) is 1.97. The van der Waals surface area contributed by atoms with E-state index in [2.05, 4.69) is 59.4 Å². The van der Waals surface area contributed by atoms with Crippen LogP contribution in [0.4, 0.5) is 0 Å². The van der Waals surface area contributed by atoms with E-state index in [9.17, 15) is 0 Å². The summed E-state index contributed by atoms with van der Waals surface area (Å²) in [6.45, 7) is 5.71. The van der Waals surface area contributed by atoms with Gasteiger partial charge in [-0.15, -0.1) is 0 Å². The Balaban J connectivity index is 2.00. The monoisotopic (exact) mass is 295 g/mol. The molecular formula is C15H22BrN. The Kier molecular flexibility index (Phi) is 4.26. The molecule has 17 heavy (non-hydrogen) atoms. The minimum absolute atomic E-state index is 0.513. The Bertz CT molecular complexity index is 371. The molecule has 0 spiro atoms. The quantitative estimate of drug-likeness (QED) is 0.831. The van der Waals surface area contributed by atoms with Crippen molar-refractivity contribution in [2.75, 3.05) is 6.54 Å². The molecule has 1 atom stereocenters. The molecule has 0 saturated heterocycles. The van der Waals surface area contributed by atoms with Crippen molar-refractivity contribution in [2.45, 2.75) is 45.6 Å². The van der Waals surface area contributed by atoms with Gasteiger partial charge in [-0.25, -0.2) is 0 Å². The van der Waals surface area contributed by atoms with E-state index in [4.69, 9.17) is 0 Å². The molecule has 1 unspecified atom stereocenters. The van der Waals surface area contributed by atoms with Gasteiger partial charge in [-0.1, -0.05) is 41.1 Å². The van der Waals surface area contributed by atoms with Gasteiger partial charge >= 0.3 is 0 Å². The van der Waals surface area contributed by atoms with E-state index in [0.29, 0.717) is 11.5 Å². The van der Waals surface area contributed by atoms with Crippen LogP contribution in [-0.4, -0.2) is 12.6 Å². The average molecular weight is 296 g/mol. The third kappa shape index (κ3) is 3.11. The molecule has 1 saturated carbocycles. The summed E-state index contributed by atoms with van der Waals surface area (Å²) in [6, 6.07) is 9.26. The number of nitrogens with one attached hydrogen (secondary N) is 1. The summed E-state index contributed by atoms with van der Waals surface area (Å²) in [7, 11) is 0. The lowest BCUT2D eigenvalue weighted by molar-refractivity contribution is 0.350. The number of halogens is 1.